The maximum atomic E-state index is 5.96. The quantitative estimate of drug-likeness (QED) is 0.599. The Morgan fingerprint density at radius 3 is 2.50 bits per heavy atom. The molecule has 4 nitrogen and oxygen atoms in total. The average molecular weight is 411 g/mol. The van der Waals surface area contributed by atoms with Crippen molar-refractivity contribution in [1.82, 2.24) is 19.7 Å². The fourth-order valence-electron chi connectivity index (χ4n) is 4.17. The minimum atomic E-state index is 0.0242. The lowest BCUT2D eigenvalue weighted by Crippen LogP contribution is -2.19. The van der Waals surface area contributed by atoms with E-state index in [0.29, 0.717) is 5.02 Å². The average Bonchev–Trinajstić information content (AvgIpc) is 3.42. The first-order chi connectivity index (χ1) is 13.5. The minimum Gasteiger partial charge on any atom is -0.313 e. The molecular weight excluding hydrogens is 388 g/mol. The van der Waals surface area contributed by atoms with Crippen molar-refractivity contribution in [1.29, 1.82) is 0 Å². The van der Waals surface area contributed by atoms with Crippen molar-refractivity contribution in [2.24, 2.45) is 0 Å². The summed E-state index contributed by atoms with van der Waals surface area (Å²) in [6.45, 7) is 5.61. The molecule has 2 aliphatic rings. The molecular formula is C22H23ClN4S. The highest BCUT2D eigenvalue weighted by molar-refractivity contribution is 8.00. The summed E-state index contributed by atoms with van der Waals surface area (Å²) >= 11 is 7.99. The number of aromatic nitrogens is 4. The highest BCUT2D eigenvalue weighted by atomic mass is 35.5. The van der Waals surface area contributed by atoms with Gasteiger partial charge >= 0.3 is 0 Å². The van der Waals surface area contributed by atoms with Gasteiger partial charge in [-0.15, -0.1) is 10.2 Å². The lowest BCUT2D eigenvalue weighted by molar-refractivity contribution is 0.607. The molecule has 0 radical (unpaired) electrons. The third-order valence-corrected chi connectivity index (χ3v) is 7.39. The van der Waals surface area contributed by atoms with Crippen LogP contribution >= 0.6 is 23.4 Å². The van der Waals surface area contributed by atoms with Crippen LogP contribution in [0.5, 0.6) is 0 Å². The lowest BCUT2D eigenvalue weighted by atomic mass is 9.93. The predicted molar refractivity (Wildman–Crippen MR) is 115 cm³/mol. The van der Waals surface area contributed by atoms with Gasteiger partial charge in [0.25, 0.3) is 0 Å². The third kappa shape index (κ3) is 3.15. The molecule has 0 unspecified atom stereocenters. The molecule has 6 heteroatoms. The maximum absolute atomic E-state index is 5.96. The first-order valence-electron chi connectivity index (χ1n) is 9.76. The van der Waals surface area contributed by atoms with E-state index in [2.05, 4.69) is 57.9 Å². The summed E-state index contributed by atoms with van der Waals surface area (Å²) in [6.07, 6.45) is 4.94. The van der Waals surface area contributed by atoms with Crippen molar-refractivity contribution < 1.29 is 0 Å². The van der Waals surface area contributed by atoms with E-state index in [1.54, 1.807) is 6.20 Å². The third-order valence-electron chi connectivity index (χ3n) is 5.86. The van der Waals surface area contributed by atoms with Crippen LogP contribution in [0.15, 0.2) is 42.6 Å². The zero-order valence-corrected chi connectivity index (χ0v) is 17.7. The molecule has 0 atom stereocenters. The number of nitrogens with zero attached hydrogens (tertiary/aromatic N) is 4. The fraction of sp³-hybridized carbons (Fsp3) is 0.409. The van der Waals surface area contributed by atoms with Crippen LogP contribution in [-0.2, 0) is 18.4 Å². The van der Waals surface area contributed by atoms with Crippen LogP contribution in [-0.4, -0.2) is 30.2 Å². The smallest absolute Gasteiger partial charge is 0.143 e. The van der Waals surface area contributed by atoms with E-state index in [1.807, 2.05) is 23.9 Å². The van der Waals surface area contributed by atoms with Crippen LogP contribution in [0.4, 0.5) is 0 Å². The molecule has 1 aliphatic heterocycles. The van der Waals surface area contributed by atoms with E-state index in [9.17, 15) is 0 Å². The van der Waals surface area contributed by atoms with Gasteiger partial charge in [-0.1, -0.05) is 49.7 Å². The molecule has 0 amide bonds. The standard InChI is InChI=1S/C22H23ClN4S/c1-21(2)13-19-25-26-20(27(19)11-12-28-21)22(9-10-22)16-5-3-15(4-6-16)18-8-7-17(23)14-24-18/h3-8,14H,9-13H2,1-2H3. The summed E-state index contributed by atoms with van der Waals surface area (Å²) in [4.78, 5) is 4.43. The Balaban J connectivity index is 1.47. The lowest BCUT2D eigenvalue weighted by Gasteiger charge is -2.19. The van der Waals surface area contributed by atoms with Gasteiger partial charge in [-0.2, -0.15) is 11.8 Å². The molecule has 28 heavy (non-hydrogen) atoms. The second-order valence-electron chi connectivity index (χ2n) is 8.40. The molecule has 1 fully saturated rings. The molecule has 3 aromatic rings. The van der Waals surface area contributed by atoms with E-state index in [1.165, 1.54) is 5.56 Å². The Morgan fingerprint density at radius 2 is 1.82 bits per heavy atom. The molecule has 3 heterocycles. The number of hydrogen-bond donors (Lipinski definition) is 0. The molecule has 1 aromatic carbocycles. The summed E-state index contributed by atoms with van der Waals surface area (Å²) in [7, 11) is 0. The summed E-state index contributed by atoms with van der Waals surface area (Å²) in [5.41, 5.74) is 3.40. The van der Waals surface area contributed by atoms with Crippen LogP contribution < -0.4 is 0 Å². The minimum absolute atomic E-state index is 0.0242. The van der Waals surface area contributed by atoms with Crippen LogP contribution in [0.1, 0.15) is 43.9 Å². The first-order valence-corrected chi connectivity index (χ1v) is 11.1. The van der Waals surface area contributed by atoms with Crippen molar-refractivity contribution in [3.8, 4) is 11.3 Å². The SMILES string of the molecule is CC1(C)Cc2nnc(C3(c4ccc(-c5ccc(Cl)cn5)cc4)CC3)n2CCS1. The molecule has 144 valence electrons. The Hall–Kier alpha value is -1.85. The van der Waals surface area contributed by atoms with E-state index in [-0.39, 0.29) is 10.2 Å². The molecule has 2 aromatic heterocycles. The molecule has 0 saturated heterocycles. The Kier molecular flexibility index (Phi) is 4.29. The van der Waals surface area contributed by atoms with Gasteiger partial charge in [0.2, 0.25) is 0 Å². The van der Waals surface area contributed by atoms with Gasteiger partial charge in [-0.3, -0.25) is 4.98 Å². The van der Waals surface area contributed by atoms with Gasteiger partial charge in [0.1, 0.15) is 11.6 Å². The largest absolute Gasteiger partial charge is 0.313 e. The highest BCUT2D eigenvalue weighted by Crippen LogP contribution is 2.53. The van der Waals surface area contributed by atoms with E-state index < -0.39 is 0 Å². The molecule has 0 N–H and O–H groups in total. The summed E-state index contributed by atoms with van der Waals surface area (Å²) < 4.78 is 2.62. The van der Waals surface area contributed by atoms with Crippen molar-refractivity contribution in [2.75, 3.05) is 5.75 Å². The topological polar surface area (TPSA) is 43.6 Å². The van der Waals surface area contributed by atoms with E-state index >= 15 is 0 Å². The summed E-state index contributed by atoms with van der Waals surface area (Å²) in [6, 6.07) is 12.6. The van der Waals surface area contributed by atoms with Crippen LogP contribution in [0.25, 0.3) is 11.3 Å². The van der Waals surface area contributed by atoms with E-state index in [4.69, 9.17) is 11.6 Å². The van der Waals surface area contributed by atoms with Gasteiger partial charge in [-0.05, 0) is 30.5 Å². The normalized spacial score (nSPS) is 19.7. The molecule has 0 spiro atoms. The second kappa shape index (κ2) is 6.60. The summed E-state index contributed by atoms with van der Waals surface area (Å²) in [5.74, 6) is 3.40. The Labute approximate surface area is 174 Å². The zero-order valence-electron chi connectivity index (χ0n) is 16.2. The van der Waals surface area contributed by atoms with Gasteiger partial charge < -0.3 is 4.57 Å². The van der Waals surface area contributed by atoms with Crippen LogP contribution in [0, 0.1) is 0 Å². The van der Waals surface area contributed by atoms with Gasteiger partial charge in [-0.25, -0.2) is 0 Å². The van der Waals surface area contributed by atoms with Gasteiger partial charge in [0.05, 0.1) is 16.1 Å². The number of thioether (sulfide) groups is 1. The second-order valence-corrected chi connectivity index (χ2v) is 10.6. The molecule has 5 rings (SSSR count). The number of halogens is 1. The first kappa shape index (κ1) is 18.2. The summed E-state index contributed by atoms with van der Waals surface area (Å²) in [5, 5.41) is 9.94. The van der Waals surface area contributed by atoms with Crippen molar-refractivity contribution in [3.05, 3.63) is 64.8 Å². The predicted octanol–water partition coefficient (Wildman–Crippen LogP) is 5.14. The Bertz CT molecular complexity index is 1000. The van der Waals surface area contributed by atoms with Crippen molar-refractivity contribution in [3.63, 3.8) is 0 Å². The number of rotatable bonds is 3. The highest BCUT2D eigenvalue weighted by Gasteiger charge is 2.50. The van der Waals surface area contributed by atoms with Gasteiger partial charge in [0.15, 0.2) is 0 Å². The van der Waals surface area contributed by atoms with Crippen molar-refractivity contribution in [2.45, 2.75) is 49.8 Å². The Morgan fingerprint density at radius 1 is 1.04 bits per heavy atom. The molecule has 1 aliphatic carbocycles. The maximum Gasteiger partial charge on any atom is 0.143 e. The fourth-order valence-corrected chi connectivity index (χ4v) is 5.34. The van der Waals surface area contributed by atoms with Crippen LogP contribution in [0.3, 0.4) is 0 Å². The van der Waals surface area contributed by atoms with E-state index in [0.717, 1.165) is 54.5 Å². The monoisotopic (exact) mass is 410 g/mol. The molecule has 1 saturated carbocycles. The number of benzene rings is 1. The van der Waals surface area contributed by atoms with Crippen LogP contribution in [0.2, 0.25) is 5.02 Å². The molecule has 0 bridgehead atoms. The zero-order chi connectivity index (χ0) is 19.4. The van der Waals surface area contributed by atoms with Gasteiger partial charge in [0, 0.05) is 35.2 Å². The van der Waals surface area contributed by atoms with Crippen molar-refractivity contribution >= 4 is 23.4 Å². The number of pyridine rings is 1. The number of fused-ring (bicyclic) bond motifs is 1. The number of hydrogen-bond acceptors (Lipinski definition) is 4.